The summed E-state index contributed by atoms with van der Waals surface area (Å²) in [5.74, 6) is 0. The van der Waals surface area contributed by atoms with Crippen LogP contribution in [0.1, 0.15) is 0 Å². The Bertz CT molecular complexity index is 21.6. The number of rotatable bonds is 1. The van der Waals surface area contributed by atoms with Crippen molar-refractivity contribution < 1.29 is 8.78 Å². The van der Waals surface area contributed by atoms with Gasteiger partial charge in [-0.15, -0.1) is 0 Å². The summed E-state index contributed by atoms with van der Waals surface area (Å²) in [6, 6.07) is 0. The molecule has 0 aliphatic heterocycles. The Hall–Kier alpha value is 0.340. The maximum absolute atomic E-state index is 10.7. The molecule has 0 aromatic carbocycles. The molecule has 0 fully saturated rings. The van der Waals surface area contributed by atoms with Crippen LogP contribution in [-0.4, -0.2) is 6.43 Å². The highest BCUT2D eigenvalue weighted by Crippen LogP contribution is 2.01. The molecule has 0 N–H and O–H groups in total. The molecule has 0 saturated heterocycles. The van der Waals surface area contributed by atoms with Crippen LogP contribution in [0.15, 0.2) is 0 Å². The van der Waals surface area contributed by atoms with E-state index in [4.69, 9.17) is 0 Å². The third kappa shape index (κ3) is 4.34. The predicted molar refractivity (Wildman–Crippen MR) is 19.2 cm³/mol. The highest BCUT2D eigenvalue weighted by Gasteiger charge is 1.93. The second kappa shape index (κ2) is 2.57. The summed E-state index contributed by atoms with van der Waals surface area (Å²) < 4.78 is 21.3. The van der Waals surface area contributed by atoms with Gasteiger partial charge in [-0.1, -0.05) is 15.9 Å². The van der Waals surface area contributed by atoms with Crippen molar-refractivity contribution in [3.63, 3.8) is 0 Å². The van der Waals surface area contributed by atoms with E-state index in [9.17, 15) is 8.78 Å². The molecule has 0 saturated carbocycles. The summed E-state index contributed by atoms with van der Waals surface area (Å²) in [6.45, 7) is 0. The van der Waals surface area contributed by atoms with Gasteiger partial charge in [-0.05, 0) is 0 Å². The molecular formula is C2H2BrF2. The first kappa shape index (κ1) is 5.34. The molecule has 0 atom stereocenters. The first-order valence-corrected chi connectivity index (χ1v) is 1.90. The van der Waals surface area contributed by atoms with E-state index >= 15 is 0 Å². The van der Waals surface area contributed by atoms with Gasteiger partial charge in [0.1, 0.15) is 0 Å². The van der Waals surface area contributed by atoms with Gasteiger partial charge >= 0.3 is 0 Å². The minimum Gasteiger partial charge on any atom is -0.209 e. The Morgan fingerprint density at radius 1 is 1.60 bits per heavy atom. The topological polar surface area (TPSA) is 0 Å². The molecule has 0 bridgehead atoms. The van der Waals surface area contributed by atoms with Crippen LogP contribution in [0.2, 0.25) is 0 Å². The number of hydrogen-bond acceptors (Lipinski definition) is 0. The number of hydrogen-bond donors (Lipinski definition) is 0. The first-order chi connectivity index (χ1) is 2.27. The van der Waals surface area contributed by atoms with Crippen molar-refractivity contribution in [1.82, 2.24) is 0 Å². The lowest BCUT2D eigenvalue weighted by molar-refractivity contribution is 0.197. The zero-order valence-electron chi connectivity index (χ0n) is 2.29. The fraction of sp³-hybridized carbons (Fsp3) is 0.500. The number of alkyl halides is 2. The Labute approximate surface area is 37.3 Å². The van der Waals surface area contributed by atoms with Crippen LogP contribution in [0.3, 0.4) is 0 Å². The maximum atomic E-state index is 10.7. The molecule has 0 aliphatic rings. The van der Waals surface area contributed by atoms with Gasteiger partial charge in [0.2, 0.25) is 0 Å². The lowest BCUT2D eigenvalue weighted by Gasteiger charge is -1.79. The minimum atomic E-state index is -2.32. The van der Waals surface area contributed by atoms with Crippen molar-refractivity contribution in [2.45, 2.75) is 6.43 Å². The Kier molecular flexibility index (Phi) is 2.75. The molecule has 31 valence electrons. The van der Waals surface area contributed by atoms with Crippen molar-refractivity contribution in [3.05, 3.63) is 5.33 Å². The second-order valence-corrected chi connectivity index (χ2v) is 0.989. The summed E-state index contributed by atoms with van der Waals surface area (Å²) in [6.07, 6.45) is -2.32. The standard InChI is InChI=1S/C2H2BrF2/c3-1-2(4)5/h1-2H. The normalized spacial score (nSPS) is 9.60. The van der Waals surface area contributed by atoms with Crippen molar-refractivity contribution in [2.75, 3.05) is 0 Å². The van der Waals surface area contributed by atoms with Gasteiger partial charge in [-0.25, -0.2) is 8.78 Å². The van der Waals surface area contributed by atoms with Crippen LogP contribution >= 0.6 is 15.9 Å². The van der Waals surface area contributed by atoms with E-state index in [1.54, 1.807) is 0 Å². The SMILES string of the molecule is FC(F)[CH]Br. The fourth-order valence-electron chi connectivity index (χ4n) is 0. The molecular weight excluding hydrogens is 142 g/mol. The second-order valence-electron chi connectivity index (χ2n) is 0.460. The average molecular weight is 144 g/mol. The maximum Gasteiger partial charge on any atom is 0.252 e. The van der Waals surface area contributed by atoms with E-state index in [0.717, 1.165) is 0 Å². The molecule has 5 heavy (non-hydrogen) atoms. The average Bonchev–Trinajstić information content (AvgIpc) is 1.38. The molecule has 0 aromatic heterocycles. The third-order valence-electron chi connectivity index (χ3n) is 0.0952. The molecule has 0 nitrogen and oxygen atoms in total. The quantitative estimate of drug-likeness (QED) is 0.526. The predicted octanol–water partition coefficient (Wildman–Crippen LogP) is 1.81. The van der Waals surface area contributed by atoms with E-state index < -0.39 is 6.43 Å². The van der Waals surface area contributed by atoms with E-state index in [1.807, 2.05) is 0 Å². The lowest BCUT2D eigenvalue weighted by Crippen LogP contribution is -1.78. The summed E-state index contributed by atoms with van der Waals surface area (Å²) in [5.41, 5.74) is 0. The van der Waals surface area contributed by atoms with E-state index in [0.29, 0.717) is 5.33 Å². The Morgan fingerprint density at radius 2 is 1.80 bits per heavy atom. The monoisotopic (exact) mass is 143 g/mol. The van der Waals surface area contributed by atoms with Crippen LogP contribution in [0.4, 0.5) is 8.78 Å². The molecule has 0 aliphatic carbocycles. The molecule has 0 rings (SSSR count). The summed E-state index contributed by atoms with van der Waals surface area (Å²) in [5, 5.41) is 0.646. The van der Waals surface area contributed by atoms with Gasteiger partial charge in [-0.2, -0.15) is 0 Å². The van der Waals surface area contributed by atoms with Gasteiger partial charge in [-0.3, -0.25) is 0 Å². The van der Waals surface area contributed by atoms with Crippen molar-refractivity contribution in [1.29, 1.82) is 0 Å². The largest absolute Gasteiger partial charge is 0.252 e. The van der Waals surface area contributed by atoms with E-state index in [2.05, 4.69) is 15.9 Å². The first-order valence-electron chi connectivity index (χ1n) is 0.988. The molecule has 1 radical (unpaired) electrons. The van der Waals surface area contributed by atoms with Gasteiger partial charge in [0, 0.05) is 0 Å². The fourth-order valence-corrected chi connectivity index (χ4v) is 0. The van der Waals surface area contributed by atoms with Crippen LogP contribution in [-0.2, 0) is 0 Å². The summed E-state index contributed by atoms with van der Waals surface area (Å²) in [4.78, 5) is 0. The van der Waals surface area contributed by atoms with E-state index in [1.165, 1.54) is 0 Å². The molecule has 0 amide bonds. The number of halogens is 3. The molecule has 3 heteroatoms. The highest BCUT2D eigenvalue weighted by molar-refractivity contribution is 9.10. The van der Waals surface area contributed by atoms with Crippen LogP contribution in [0.25, 0.3) is 0 Å². The zero-order chi connectivity index (χ0) is 4.28. The Morgan fingerprint density at radius 3 is 1.80 bits per heavy atom. The zero-order valence-corrected chi connectivity index (χ0v) is 3.87. The van der Waals surface area contributed by atoms with Crippen molar-refractivity contribution >= 4 is 15.9 Å². The minimum absolute atomic E-state index is 0.646. The van der Waals surface area contributed by atoms with Gasteiger partial charge < -0.3 is 0 Å². The smallest absolute Gasteiger partial charge is 0.209 e. The van der Waals surface area contributed by atoms with E-state index in [-0.39, 0.29) is 0 Å². The molecule has 0 aromatic rings. The molecule has 0 spiro atoms. The van der Waals surface area contributed by atoms with Crippen molar-refractivity contribution in [2.24, 2.45) is 0 Å². The third-order valence-corrected chi connectivity index (χ3v) is 0.495. The highest BCUT2D eigenvalue weighted by atomic mass is 79.9. The van der Waals surface area contributed by atoms with Gasteiger partial charge in [0.05, 0.1) is 5.33 Å². The molecule has 0 heterocycles. The van der Waals surface area contributed by atoms with Crippen LogP contribution in [0, 0.1) is 5.33 Å². The summed E-state index contributed by atoms with van der Waals surface area (Å²) in [7, 11) is 0. The summed E-state index contributed by atoms with van der Waals surface area (Å²) >= 11 is 2.44. The lowest BCUT2D eigenvalue weighted by atomic mass is 10.9. The van der Waals surface area contributed by atoms with Crippen LogP contribution < -0.4 is 0 Å². The van der Waals surface area contributed by atoms with Gasteiger partial charge in [0.15, 0.2) is 0 Å². The van der Waals surface area contributed by atoms with Crippen LogP contribution in [0.5, 0.6) is 0 Å². The van der Waals surface area contributed by atoms with Crippen molar-refractivity contribution in [3.8, 4) is 0 Å². The molecule has 0 unspecified atom stereocenters. The van der Waals surface area contributed by atoms with Gasteiger partial charge in [0.25, 0.3) is 6.43 Å². The Balaban J connectivity index is 2.54.